The van der Waals surface area contributed by atoms with E-state index in [0.29, 0.717) is 33.4 Å². The van der Waals surface area contributed by atoms with Crippen LogP contribution in [0.5, 0.6) is 5.75 Å². The Morgan fingerprint density at radius 1 is 1.10 bits per heavy atom. The summed E-state index contributed by atoms with van der Waals surface area (Å²) >= 11 is 6.36. The molecule has 0 fully saturated rings. The third-order valence-corrected chi connectivity index (χ3v) is 4.64. The molecule has 4 aromatic rings. The quantitative estimate of drug-likeness (QED) is 0.242. The zero-order valence-electron chi connectivity index (χ0n) is 15.6. The number of halogens is 2. The van der Waals surface area contributed by atoms with Gasteiger partial charge in [-0.05, 0) is 53.6 Å². The maximum Gasteiger partial charge on any atom is 0.141 e. The molecule has 1 heterocycles. The van der Waals surface area contributed by atoms with Crippen LogP contribution in [0.4, 0.5) is 15.9 Å². The Balaban J connectivity index is 1.54. The van der Waals surface area contributed by atoms with E-state index in [0.717, 1.165) is 10.9 Å². The highest BCUT2D eigenvalue weighted by Crippen LogP contribution is 2.31. The largest absolute Gasteiger partial charge is 0.487 e. The summed E-state index contributed by atoms with van der Waals surface area (Å²) < 4.78 is 19.0. The molecule has 0 amide bonds. The summed E-state index contributed by atoms with van der Waals surface area (Å²) in [6.45, 7) is 0.204. The van der Waals surface area contributed by atoms with Crippen molar-refractivity contribution in [2.75, 3.05) is 5.32 Å². The van der Waals surface area contributed by atoms with E-state index in [1.54, 1.807) is 36.4 Å². The number of aromatic nitrogens is 2. The van der Waals surface area contributed by atoms with Crippen molar-refractivity contribution in [2.24, 2.45) is 5.16 Å². The van der Waals surface area contributed by atoms with E-state index in [2.05, 4.69) is 20.4 Å². The van der Waals surface area contributed by atoms with Crippen LogP contribution in [0.15, 0.2) is 72.1 Å². The fourth-order valence-electron chi connectivity index (χ4n) is 2.94. The third-order valence-electron chi connectivity index (χ3n) is 4.34. The first-order valence-electron chi connectivity index (χ1n) is 8.98. The zero-order valence-corrected chi connectivity index (χ0v) is 16.3. The van der Waals surface area contributed by atoms with Crippen LogP contribution in [0.1, 0.15) is 11.1 Å². The minimum Gasteiger partial charge on any atom is -0.487 e. The molecule has 0 aliphatic carbocycles. The van der Waals surface area contributed by atoms with Crippen molar-refractivity contribution in [2.45, 2.75) is 6.61 Å². The van der Waals surface area contributed by atoms with E-state index in [1.807, 2.05) is 12.1 Å². The van der Waals surface area contributed by atoms with Gasteiger partial charge in [-0.3, -0.25) is 0 Å². The molecular formula is C22H16ClFN4O2. The molecule has 30 heavy (non-hydrogen) atoms. The van der Waals surface area contributed by atoms with Gasteiger partial charge in [0.1, 0.15) is 30.3 Å². The first-order valence-corrected chi connectivity index (χ1v) is 9.36. The van der Waals surface area contributed by atoms with Gasteiger partial charge in [0.15, 0.2) is 0 Å². The summed E-state index contributed by atoms with van der Waals surface area (Å²) in [5.41, 5.74) is 2.87. The van der Waals surface area contributed by atoms with E-state index in [-0.39, 0.29) is 12.4 Å². The first-order chi connectivity index (χ1) is 14.6. The van der Waals surface area contributed by atoms with Gasteiger partial charge in [-0.25, -0.2) is 14.4 Å². The van der Waals surface area contributed by atoms with Gasteiger partial charge < -0.3 is 15.3 Å². The monoisotopic (exact) mass is 422 g/mol. The van der Waals surface area contributed by atoms with E-state index < -0.39 is 0 Å². The van der Waals surface area contributed by atoms with Crippen LogP contribution in [0.3, 0.4) is 0 Å². The molecule has 0 bridgehead atoms. The third kappa shape index (κ3) is 4.47. The predicted octanol–water partition coefficient (Wildman–Crippen LogP) is 5.55. The van der Waals surface area contributed by atoms with Gasteiger partial charge in [-0.2, -0.15) is 0 Å². The molecule has 6 nitrogen and oxygen atoms in total. The summed E-state index contributed by atoms with van der Waals surface area (Å²) in [6, 6.07) is 16.9. The van der Waals surface area contributed by atoms with E-state index in [1.165, 1.54) is 24.7 Å². The highest BCUT2D eigenvalue weighted by molar-refractivity contribution is 6.32. The molecule has 4 rings (SSSR count). The van der Waals surface area contributed by atoms with Crippen LogP contribution in [0.25, 0.3) is 10.9 Å². The summed E-state index contributed by atoms with van der Waals surface area (Å²) in [7, 11) is 0. The van der Waals surface area contributed by atoms with Gasteiger partial charge in [-0.15, -0.1) is 0 Å². The molecule has 0 radical (unpaired) electrons. The topological polar surface area (TPSA) is 79.6 Å². The standard InChI is InChI=1S/C22H16ClFN4O2/c23-19-10-17(5-7-21(19)30-12-15-2-1-3-16(24)8-15)28-22-18-9-14(11-27-29)4-6-20(18)25-13-26-22/h1-11,13,29H,12H2,(H,25,26,28)/b27-11+. The summed E-state index contributed by atoms with van der Waals surface area (Å²) in [6.07, 6.45) is 2.79. The lowest BCUT2D eigenvalue weighted by Crippen LogP contribution is -1.99. The van der Waals surface area contributed by atoms with Crippen molar-refractivity contribution < 1.29 is 14.3 Å². The van der Waals surface area contributed by atoms with Gasteiger partial charge >= 0.3 is 0 Å². The number of rotatable bonds is 6. The van der Waals surface area contributed by atoms with Gasteiger partial charge in [0, 0.05) is 11.1 Å². The minimum atomic E-state index is -0.313. The molecule has 0 saturated heterocycles. The first kappa shape index (κ1) is 19.6. The number of nitrogens with zero attached hydrogens (tertiary/aromatic N) is 3. The molecule has 0 aliphatic rings. The number of ether oxygens (including phenoxy) is 1. The van der Waals surface area contributed by atoms with Crippen molar-refractivity contribution in [3.05, 3.63) is 89.0 Å². The number of hydrogen-bond acceptors (Lipinski definition) is 6. The zero-order chi connectivity index (χ0) is 20.9. The lowest BCUT2D eigenvalue weighted by Gasteiger charge is -2.12. The Hall–Kier alpha value is -3.71. The summed E-state index contributed by atoms with van der Waals surface area (Å²) in [5, 5.41) is 16.2. The maximum atomic E-state index is 13.3. The highest BCUT2D eigenvalue weighted by atomic mass is 35.5. The average molecular weight is 423 g/mol. The lowest BCUT2D eigenvalue weighted by atomic mass is 10.1. The molecule has 8 heteroatoms. The number of hydrogen-bond donors (Lipinski definition) is 2. The van der Waals surface area contributed by atoms with Crippen LogP contribution in [-0.2, 0) is 6.61 Å². The van der Waals surface area contributed by atoms with Gasteiger partial charge in [0.25, 0.3) is 0 Å². The molecule has 2 N–H and O–H groups in total. The normalized spacial score (nSPS) is 11.1. The van der Waals surface area contributed by atoms with E-state index >= 15 is 0 Å². The van der Waals surface area contributed by atoms with E-state index in [9.17, 15) is 4.39 Å². The second-order valence-corrected chi connectivity index (χ2v) is 6.84. The molecular weight excluding hydrogens is 407 g/mol. The fourth-order valence-corrected chi connectivity index (χ4v) is 3.18. The second kappa shape index (κ2) is 8.75. The van der Waals surface area contributed by atoms with Gasteiger partial charge in [0.2, 0.25) is 0 Å². The number of nitrogens with one attached hydrogen (secondary N) is 1. The van der Waals surface area contributed by atoms with Gasteiger partial charge in [0.05, 0.1) is 16.8 Å². The Morgan fingerprint density at radius 2 is 2.00 bits per heavy atom. The smallest absolute Gasteiger partial charge is 0.141 e. The molecule has 0 unspecified atom stereocenters. The highest BCUT2D eigenvalue weighted by Gasteiger charge is 2.08. The van der Waals surface area contributed by atoms with Crippen molar-refractivity contribution in [3.8, 4) is 5.75 Å². The van der Waals surface area contributed by atoms with Crippen molar-refractivity contribution in [1.82, 2.24) is 9.97 Å². The van der Waals surface area contributed by atoms with Crippen molar-refractivity contribution >= 4 is 40.2 Å². The molecule has 0 atom stereocenters. The van der Waals surface area contributed by atoms with Crippen LogP contribution in [0.2, 0.25) is 5.02 Å². The molecule has 0 saturated carbocycles. The van der Waals surface area contributed by atoms with Crippen LogP contribution in [-0.4, -0.2) is 21.4 Å². The van der Waals surface area contributed by atoms with Crippen LogP contribution < -0.4 is 10.1 Å². The molecule has 150 valence electrons. The predicted molar refractivity (Wildman–Crippen MR) is 114 cm³/mol. The second-order valence-electron chi connectivity index (χ2n) is 6.43. The Labute approximate surface area is 176 Å². The van der Waals surface area contributed by atoms with Crippen LogP contribution in [0, 0.1) is 5.82 Å². The summed E-state index contributed by atoms with van der Waals surface area (Å²) in [5.74, 6) is 0.755. The van der Waals surface area contributed by atoms with E-state index in [4.69, 9.17) is 21.5 Å². The maximum absolute atomic E-state index is 13.3. The number of oxime groups is 1. The lowest BCUT2D eigenvalue weighted by molar-refractivity contribution is 0.306. The molecule has 0 spiro atoms. The number of fused-ring (bicyclic) bond motifs is 1. The summed E-state index contributed by atoms with van der Waals surface area (Å²) in [4.78, 5) is 8.55. The molecule has 0 aliphatic heterocycles. The Kier molecular flexibility index (Phi) is 5.72. The SMILES string of the molecule is O/N=C/c1ccc2ncnc(Nc3ccc(OCc4cccc(F)c4)c(Cl)c3)c2c1. The van der Waals surface area contributed by atoms with Crippen LogP contribution >= 0.6 is 11.6 Å². The molecule has 1 aromatic heterocycles. The number of anilines is 2. The van der Waals surface area contributed by atoms with Crippen molar-refractivity contribution in [3.63, 3.8) is 0 Å². The Bertz CT molecular complexity index is 1230. The fraction of sp³-hybridized carbons (Fsp3) is 0.0455. The van der Waals surface area contributed by atoms with Gasteiger partial charge in [-0.1, -0.05) is 35.0 Å². The Morgan fingerprint density at radius 3 is 2.80 bits per heavy atom. The average Bonchev–Trinajstić information content (AvgIpc) is 2.74. The molecule has 3 aromatic carbocycles. The number of benzene rings is 3. The minimum absolute atomic E-state index is 0.204. The van der Waals surface area contributed by atoms with Crippen molar-refractivity contribution in [1.29, 1.82) is 0 Å².